The van der Waals surface area contributed by atoms with Gasteiger partial charge in [0.15, 0.2) is 5.78 Å². The van der Waals surface area contributed by atoms with Crippen molar-refractivity contribution in [2.45, 2.75) is 26.2 Å². The molecule has 0 atom stereocenters. The lowest BCUT2D eigenvalue weighted by Crippen LogP contribution is -2.07. The van der Waals surface area contributed by atoms with E-state index in [0.717, 1.165) is 29.9 Å². The number of fused-ring (bicyclic) bond motifs is 1. The normalized spacial score (nSPS) is 16.6. The Hall–Kier alpha value is -1.05. The Morgan fingerprint density at radius 1 is 1.45 bits per heavy atom. The van der Waals surface area contributed by atoms with E-state index in [9.17, 15) is 4.79 Å². The van der Waals surface area contributed by atoms with E-state index in [2.05, 4.69) is 0 Å². The van der Waals surface area contributed by atoms with Gasteiger partial charge in [0, 0.05) is 12.8 Å². The maximum absolute atomic E-state index is 11.2. The summed E-state index contributed by atoms with van der Waals surface area (Å²) in [5.74, 6) is 1.98. The molecule has 0 fully saturated rings. The number of carbonyl (C=O) groups excluding carboxylic acids is 1. The number of hydrogen-bond acceptors (Lipinski definition) is 2. The molecule has 0 spiro atoms. The van der Waals surface area contributed by atoms with Gasteiger partial charge >= 0.3 is 0 Å². The number of Topliss-reactive ketones (excluding diaryl/α,β-unsaturated/α-hetero) is 1. The van der Waals surface area contributed by atoms with Crippen molar-refractivity contribution in [2.24, 2.45) is 0 Å². The van der Waals surface area contributed by atoms with Gasteiger partial charge < -0.3 is 4.42 Å². The minimum absolute atomic E-state index is 0.239. The first-order chi connectivity index (χ1) is 5.27. The zero-order valence-electron chi connectivity index (χ0n) is 6.52. The molecule has 1 aliphatic carbocycles. The molecule has 0 saturated heterocycles. The Morgan fingerprint density at radius 3 is 3.00 bits per heavy atom. The number of ketones is 1. The van der Waals surface area contributed by atoms with Crippen LogP contribution in [0.5, 0.6) is 0 Å². The van der Waals surface area contributed by atoms with Gasteiger partial charge in [0.05, 0.1) is 5.56 Å². The second-order valence-electron chi connectivity index (χ2n) is 2.97. The number of furan rings is 1. The zero-order chi connectivity index (χ0) is 7.84. The summed E-state index contributed by atoms with van der Waals surface area (Å²) in [7, 11) is 0. The summed E-state index contributed by atoms with van der Waals surface area (Å²) in [5.41, 5.74) is 0.814. The summed E-state index contributed by atoms with van der Waals surface area (Å²) in [4.78, 5) is 11.2. The summed E-state index contributed by atoms with van der Waals surface area (Å²) in [6, 6.07) is 1.84. The van der Waals surface area contributed by atoms with E-state index in [0.29, 0.717) is 6.42 Å². The average molecular weight is 150 g/mol. The molecule has 0 saturated carbocycles. The number of rotatable bonds is 0. The van der Waals surface area contributed by atoms with Crippen LogP contribution in [-0.4, -0.2) is 5.78 Å². The fourth-order valence-corrected chi connectivity index (χ4v) is 1.53. The van der Waals surface area contributed by atoms with Crippen molar-refractivity contribution >= 4 is 5.78 Å². The van der Waals surface area contributed by atoms with Crippen molar-refractivity contribution in [1.29, 1.82) is 0 Å². The van der Waals surface area contributed by atoms with Crippen molar-refractivity contribution in [3.8, 4) is 0 Å². The van der Waals surface area contributed by atoms with E-state index in [1.807, 2.05) is 13.0 Å². The minimum atomic E-state index is 0.239. The monoisotopic (exact) mass is 150 g/mol. The molecule has 0 bridgehead atoms. The fourth-order valence-electron chi connectivity index (χ4n) is 1.53. The lowest BCUT2D eigenvalue weighted by Gasteiger charge is -2.06. The molecule has 1 heterocycles. The Balaban J connectivity index is 2.52. The second-order valence-corrected chi connectivity index (χ2v) is 2.97. The van der Waals surface area contributed by atoms with Crippen molar-refractivity contribution in [2.75, 3.05) is 0 Å². The number of hydrogen-bond donors (Lipinski definition) is 0. The fraction of sp³-hybridized carbons (Fsp3) is 0.444. The van der Waals surface area contributed by atoms with Gasteiger partial charge in [0.2, 0.25) is 0 Å². The molecule has 58 valence electrons. The maximum atomic E-state index is 11.2. The molecule has 1 aliphatic rings. The first-order valence-electron chi connectivity index (χ1n) is 3.90. The highest BCUT2D eigenvalue weighted by molar-refractivity contribution is 5.98. The topological polar surface area (TPSA) is 30.2 Å². The van der Waals surface area contributed by atoms with Gasteiger partial charge in [-0.05, 0) is 19.4 Å². The first-order valence-corrected chi connectivity index (χ1v) is 3.90. The molecule has 2 rings (SSSR count). The van der Waals surface area contributed by atoms with E-state index < -0.39 is 0 Å². The molecule has 1 aromatic rings. The summed E-state index contributed by atoms with van der Waals surface area (Å²) < 4.78 is 5.36. The molecule has 11 heavy (non-hydrogen) atoms. The van der Waals surface area contributed by atoms with Crippen LogP contribution in [0.15, 0.2) is 10.5 Å². The highest BCUT2D eigenvalue weighted by Crippen LogP contribution is 2.23. The second kappa shape index (κ2) is 2.22. The van der Waals surface area contributed by atoms with Crippen LogP contribution in [0.3, 0.4) is 0 Å². The third-order valence-electron chi connectivity index (χ3n) is 2.04. The van der Waals surface area contributed by atoms with Crippen LogP contribution in [0.4, 0.5) is 0 Å². The van der Waals surface area contributed by atoms with Crippen molar-refractivity contribution < 1.29 is 9.21 Å². The lowest BCUT2D eigenvalue weighted by atomic mass is 9.97. The van der Waals surface area contributed by atoms with Gasteiger partial charge in [-0.2, -0.15) is 0 Å². The van der Waals surface area contributed by atoms with E-state index in [1.165, 1.54) is 0 Å². The van der Waals surface area contributed by atoms with Gasteiger partial charge in [-0.3, -0.25) is 4.79 Å². The largest absolute Gasteiger partial charge is 0.466 e. The Bertz CT molecular complexity index is 297. The SMILES string of the molecule is Cc1cc2c(o1)CCCC2=O. The molecule has 1 aromatic heterocycles. The third kappa shape index (κ3) is 0.985. The van der Waals surface area contributed by atoms with Crippen LogP contribution in [0, 0.1) is 6.92 Å². The van der Waals surface area contributed by atoms with Crippen LogP contribution in [0.1, 0.15) is 34.7 Å². The zero-order valence-corrected chi connectivity index (χ0v) is 6.52. The van der Waals surface area contributed by atoms with Crippen LogP contribution < -0.4 is 0 Å². The smallest absolute Gasteiger partial charge is 0.166 e. The van der Waals surface area contributed by atoms with Crippen LogP contribution in [0.25, 0.3) is 0 Å². The predicted molar refractivity (Wildman–Crippen MR) is 40.7 cm³/mol. The molecule has 0 radical (unpaired) electrons. The van der Waals surface area contributed by atoms with Gasteiger partial charge in [-0.25, -0.2) is 0 Å². The molecular formula is C9H10O2. The Kier molecular flexibility index (Phi) is 1.34. The van der Waals surface area contributed by atoms with Crippen molar-refractivity contribution in [1.82, 2.24) is 0 Å². The summed E-state index contributed by atoms with van der Waals surface area (Å²) in [5, 5.41) is 0. The lowest BCUT2D eigenvalue weighted by molar-refractivity contribution is 0.0969. The average Bonchev–Trinajstić information content (AvgIpc) is 2.31. The molecule has 0 unspecified atom stereocenters. The third-order valence-corrected chi connectivity index (χ3v) is 2.04. The van der Waals surface area contributed by atoms with Crippen molar-refractivity contribution in [3.05, 3.63) is 23.2 Å². The standard InChI is InChI=1S/C9H10O2/c1-6-5-7-8(10)3-2-4-9(7)11-6/h5H,2-4H2,1H3. The summed E-state index contributed by atoms with van der Waals surface area (Å²) in [6.07, 6.45) is 2.56. The summed E-state index contributed by atoms with van der Waals surface area (Å²) >= 11 is 0. The highest BCUT2D eigenvalue weighted by Gasteiger charge is 2.20. The van der Waals surface area contributed by atoms with E-state index in [4.69, 9.17) is 4.42 Å². The number of carbonyl (C=O) groups is 1. The molecule has 0 amide bonds. The van der Waals surface area contributed by atoms with Gasteiger partial charge in [0.1, 0.15) is 11.5 Å². The molecule has 2 heteroatoms. The molecule has 0 aromatic carbocycles. The van der Waals surface area contributed by atoms with Crippen LogP contribution in [0.2, 0.25) is 0 Å². The first kappa shape index (κ1) is 6.65. The van der Waals surface area contributed by atoms with E-state index in [-0.39, 0.29) is 5.78 Å². The van der Waals surface area contributed by atoms with Crippen molar-refractivity contribution in [3.63, 3.8) is 0 Å². The maximum Gasteiger partial charge on any atom is 0.166 e. The summed E-state index contributed by atoms with van der Waals surface area (Å²) in [6.45, 7) is 1.88. The van der Waals surface area contributed by atoms with Gasteiger partial charge in [0.25, 0.3) is 0 Å². The molecule has 0 N–H and O–H groups in total. The molecule has 0 aliphatic heterocycles. The number of aryl methyl sites for hydroxylation is 2. The van der Waals surface area contributed by atoms with E-state index >= 15 is 0 Å². The molecule has 2 nitrogen and oxygen atoms in total. The van der Waals surface area contributed by atoms with Crippen LogP contribution in [-0.2, 0) is 6.42 Å². The molecular weight excluding hydrogens is 140 g/mol. The quantitative estimate of drug-likeness (QED) is 0.567. The van der Waals surface area contributed by atoms with Crippen LogP contribution >= 0.6 is 0 Å². The van der Waals surface area contributed by atoms with E-state index in [1.54, 1.807) is 0 Å². The van der Waals surface area contributed by atoms with Gasteiger partial charge in [-0.1, -0.05) is 0 Å². The van der Waals surface area contributed by atoms with Gasteiger partial charge in [-0.15, -0.1) is 0 Å². The Morgan fingerprint density at radius 2 is 2.27 bits per heavy atom. The predicted octanol–water partition coefficient (Wildman–Crippen LogP) is 2.11. The Labute approximate surface area is 65.2 Å². The highest BCUT2D eigenvalue weighted by atomic mass is 16.3. The minimum Gasteiger partial charge on any atom is -0.466 e.